The van der Waals surface area contributed by atoms with Crippen molar-refractivity contribution in [2.45, 2.75) is 12.0 Å². The van der Waals surface area contributed by atoms with Crippen LogP contribution in [0.15, 0.2) is 0 Å². The monoisotopic (exact) mass is 216 g/mol. The van der Waals surface area contributed by atoms with Gasteiger partial charge < -0.3 is 5.32 Å². The molecule has 1 atom stereocenters. The van der Waals surface area contributed by atoms with Crippen LogP contribution < -0.4 is 5.32 Å². The highest BCUT2D eigenvalue weighted by atomic mass is 32.2. The van der Waals surface area contributed by atoms with Crippen molar-refractivity contribution in [3.05, 3.63) is 0 Å². The topological polar surface area (TPSA) is 52.9 Å². The lowest BCUT2D eigenvalue weighted by atomic mass is 10.0. The molecule has 1 aliphatic rings. The van der Waals surface area contributed by atoms with Crippen LogP contribution in [0.2, 0.25) is 0 Å². The third-order valence-corrected chi connectivity index (χ3v) is 3.63. The van der Waals surface area contributed by atoms with Crippen LogP contribution in [-0.4, -0.2) is 35.0 Å². The Kier molecular flexibility index (Phi) is 3.94. The Balaban J connectivity index is 2.49. The molecule has 1 amide bonds. The maximum absolute atomic E-state index is 11.3. The third kappa shape index (κ3) is 2.82. The Hall–Kier alpha value is -0.340. The molecule has 0 aromatic carbocycles. The standard InChI is InChI=1S/C8H12N2OS2/c1-12-4-7(11)10-8(5-9)2-3-13-6-8/h2-4,6H2,1H3,(H,10,11). The number of amides is 1. The quantitative estimate of drug-likeness (QED) is 0.760. The summed E-state index contributed by atoms with van der Waals surface area (Å²) in [6, 6.07) is 2.20. The molecule has 0 aromatic heterocycles. The molecule has 1 rings (SSSR count). The average Bonchev–Trinajstić information content (AvgIpc) is 2.54. The predicted octanol–water partition coefficient (Wildman–Crippen LogP) is 0.865. The van der Waals surface area contributed by atoms with Gasteiger partial charge in [0.25, 0.3) is 0 Å². The molecular weight excluding hydrogens is 204 g/mol. The molecule has 13 heavy (non-hydrogen) atoms. The third-order valence-electron chi connectivity index (χ3n) is 1.89. The van der Waals surface area contributed by atoms with E-state index in [1.54, 1.807) is 11.8 Å². The number of carbonyl (C=O) groups is 1. The van der Waals surface area contributed by atoms with Gasteiger partial charge in [-0.05, 0) is 18.4 Å². The van der Waals surface area contributed by atoms with E-state index in [1.165, 1.54) is 11.8 Å². The largest absolute Gasteiger partial charge is 0.336 e. The molecule has 1 heterocycles. The second-order valence-electron chi connectivity index (χ2n) is 2.98. The molecule has 0 saturated carbocycles. The molecule has 0 radical (unpaired) electrons. The Morgan fingerprint density at radius 2 is 2.62 bits per heavy atom. The Morgan fingerprint density at radius 1 is 1.85 bits per heavy atom. The summed E-state index contributed by atoms with van der Waals surface area (Å²) in [4.78, 5) is 11.3. The van der Waals surface area contributed by atoms with Gasteiger partial charge in [-0.3, -0.25) is 4.79 Å². The van der Waals surface area contributed by atoms with Crippen molar-refractivity contribution < 1.29 is 4.79 Å². The lowest BCUT2D eigenvalue weighted by Crippen LogP contribution is -2.48. The summed E-state index contributed by atoms with van der Waals surface area (Å²) < 4.78 is 0. The number of nitriles is 1. The summed E-state index contributed by atoms with van der Waals surface area (Å²) in [5.74, 6) is 2.10. The highest BCUT2D eigenvalue weighted by molar-refractivity contribution is 7.99. The van der Waals surface area contributed by atoms with E-state index >= 15 is 0 Å². The van der Waals surface area contributed by atoms with E-state index in [-0.39, 0.29) is 5.91 Å². The molecule has 1 aliphatic heterocycles. The zero-order valence-corrected chi connectivity index (χ0v) is 9.13. The number of carbonyl (C=O) groups excluding carboxylic acids is 1. The molecule has 0 aliphatic carbocycles. The van der Waals surface area contributed by atoms with Gasteiger partial charge in [0.2, 0.25) is 5.91 Å². The molecule has 1 unspecified atom stereocenters. The molecule has 1 fully saturated rings. The molecule has 1 saturated heterocycles. The Morgan fingerprint density at radius 3 is 3.08 bits per heavy atom. The molecule has 72 valence electrons. The minimum absolute atomic E-state index is 0.0310. The van der Waals surface area contributed by atoms with Gasteiger partial charge >= 0.3 is 0 Å². The van der Waals surface area contributed by atoms with Crippen LogP contribution in [0, 0.1) is 11.3 Å². The van der Waals surface area contributed by atoms with Gasteiger partial charge in [-0.15, -0.1) is 0 Å². The van der Waals surface area contributed by atoms with E-state index in [9.17, 15) is 4.79 Å². The molecule has 3 nitrogen and oxygen atoms in total. The average molecular weight is 216 g/mol. The zero-order chi connectivity index (χ0) is 9.73. The SMILES string of the molecule is CSCC(=O)NC1(C#N)CCSC1. The fourth-order valence-corrected chi connectivity index (χ4v) is 2.81. The molecule has 0 bridgehead atoms. The van der Waals surface area contributed by atoms with E-state index in [4.69, 9.17) is 5.26 Å². The molecule has 0 aromatic rings. The number of hydrogen-bond acceptors (Lipinski definition) is 4. The van der Waals surface area contributed by atoms with Crippen molar-refractivity contribution in [2.75, 3.05) is 23.5 Å². The number of nitrogens with one attached hydrogen (secondary N) is 1. The van der Waals surface area contributed by atoms with Crippen molar-refractivity contribution in [1.82, 2.24) is 5.32 Å². The van der Waals surface area contributed by atoms with Crippen LogP contribution in [0.4, 0.5) is 0 Å². The first kappa shape index (κ1) is 10.7. The van der Waals surface area contributed by atoms with E-state index in [1.807, 2.05) is 6.26 Å². The van der Waals surface area contributed by atoms with Crippen molar-refractivity contribution in [3.63, 3.8) is 0 Å². The second-order valence-corrected chi connectivity index (χ2v) is 4.95. The van der Waals surface area contributed by atoms with Crippen molar-refractivity contribution in [1.29, 1.82) is 5.26 Å². The van der Waals surface area contributed by atoms with Gasteiger partial charge in [0.05, 0.1) is 11.8 Å². The minimum Gasteiger partial charge on any atom is -0.336 e. The lowest BCUT2D eigenvalue weighted by Gasteiger charge is -2.20. The lowest BCUT2D eigenvalue weighted by molar-refractivity contribution is -0.119. The van der Waals surface area contributed by atoms with Gasteiger partial charge in [-0.25, -0.2) is 0 Å². The predicted molar refractivity (Wildman–Crippen MR) is 56.8 cm³/mol. The molecular formula is C8H12N2OS2. The first-order valence-electron chi connectivity index (χ1n) is 4.01. The molecule has 5 heteroatoms. The maximum Gasteiger partial charge on any atom is 0.231 e. The summed E-state index contributed by atoms with van der Waals surface area (Å²) in [7, 11) is 0. The Bertz CT molecular complexity index is 231. The normalized spacial score (nSPS) is 26.8. The summed E-state index contributed by atoms with van der Waals surface area (Å²) in [6.07, 6.45) is 2.65. The fourth-order valence-electron chi connectivity index (χ4n) is 1.21. The smallest absolute Gasteiger partial charge is 0.231 e. The van der Waals surface area contributed by atoms with E-state index in [0.29, 0.717) is 5.75 Å². The van der Waals surface area contributed by atoms with Crippen LogP contribution in [-0.2, 0) is 4.79 Å². The number of thioether (sulfide) groups is 2. The van der Waals surface area contributed by atoms with E-state index < -0.39 is 5.54 Å². The number of nitrogens with zero attached hydrogens (tertiary/aromatic N) is 1. The van der Waals surface area contributed by atoms with Gasteiger partial charge in [-0.1, -0.05) is 0 Å². The number of hydrogen-bond donors (Lipinski definition) is 1. The minimum atomic E-state index is -0.586. The first-order valence-corrected chi connectivity index (χ1v) is 6.56. The summed E-state index contributed by atoms with van der Waals surface area (Å²) in [5, 5.41) is 11.8. The van der Waals surface area contributed by atoms with Crippen LogP contribution in [0.1, 0.15) is 6.42 Å². The van der Waals surface area contributed by atoms with Crippen LogP contribution in [0.5, 0.6) is 0 Å². The van der Waals surface area contributed by atoms with Crippen molar-refractivity contribution in [3.8, 4) is 6.07 Å². The summed E-state index contributed by atoms with van der Waals surface area (Å²) in [5.41, 5.74) is -0.586. The van der Waals surface area contributed by atoms with Crippen molar-refractivity contribution in [2.24, 2.45) is 0 Å². The van der Waals surface area contributed by atoms with Crippen LogP contribution in [0.3, 0.4) is 0 Å². The van der Waals surface area contributed by atoms with E-state index in [0.717, 1.165) is 17.9 Å². The number of rotatable bonds is 3. The molecule has 0 spiro atoms. The van der Waals surface area contributed by atoms with Gasteiger partial charge in [0.15, 0.2) is 0 Å². The zero-order valence-electron chi connectivity index (χ0n) is 7.50. The van der Waals surface area contributed by atoms with Crippen LogP contribution >= 0.6 is 23.5 Å². The van der Waals surface area contributed by atoms with Gasteiger partial charge in [0, 0.05) is 5.75 Å². The maximum atomic E-state index is 11.3. The van der Waals surface area contributed by atoms with Crippen molar-refractivity contribution >= 4 is 29.4 Å². The summed E-state index contributed by atoms with van der Waals surface area (Å²) >= 11 is 3.20. The Labute approximate surface area is 86.6 Å². The highest BCUT2D eigenvalue weighted by Crippen LogP contribution is 2.27. The van der Waals surface area contributed by atoms with E-state index in [2.05, 4.69) is 11.4 Å². The van der Waals surface area contributed by atoms with Crippen LogP contribution in [0.25, 0.3) is 0 Å². The highest BCUT2D eigenvalue weighted by Gasteiger charge is 2.35. The molecule has 1 N–H and O–H groups in total. The van der Waals surface area contributed by atoms with Gasteiger partial charge in [0.1, 0.15) is 5.54 Å². The first-order chi connectivity index (χ1) is 6.22. The van der Waals surface area contributed by atoms with Gasteiger partial charge in [-0.2, -0.15) is 28.8 Å². The second kappa shape index (κ2) is 4.77. The summed E-state index contributed by atoms with van der Waals surface area (Å²) in [6.45, 7) is 0. The fraction of sp³-hybridized carbons (Fsp3) is 0.750.